The lowest BCUT2D eigenvalue weighted by Gasteiger charge is -2.22. The van der Waals surface area contributed by atoms with E-state index in [4.69, 9.17) is 0 Å². The topological polar surface area (TPSA) is 80.5 Å². The van der Waals surface area contributed by atoms with E-state index in [0.717, 1.165) is 11.3 Å². The van der Waals surface area contributed by atoms with Crippen molar-refractivity contribution in [1.82, 2.24) is 0 Å². The van der Waals surface area contributed by atoms with E-state index in [1.54, 1.807) is 4.90 Å². The van der Waals surface area contributed by atoms with Crippen LogP contribution < -0.4 is 4.90 Å². The Kier molecular flexibility index (Phi) is 3.89. The SMILES string of the molecule is O=C1CCN(C(=O)c2ccc([N+](=O)[O-])cc2)c2ccccc2C1. The summed E-state index contributed by atoms with van der Waals surface area (Å²) in [5.41, 5.74) is 1.85. The molecule has 6 heteroatoms. The van der Waals surface area contributed by atoms with Gasteiger partial charge in [-0.1, -0.05) is 18.2 Å². The highest BCUT2D eigenvalue weighted by Crippen LogP contribution is 2.26. The Balaban J connectivity index is 1.95. The van der Waals surface area contributed by atoms with Gasteiger partial charge >= 0.3 is 0 Å². The molecule has 1 heterocycles. The third-order valence-electron chi connectivity index (χ3n) is 3.85. The van der Waals surface area contributed by atoms with Crippen LogP contribution in [0.5, 0.6) is 0 Å². The van der Waals surface area contributed by atoms with Crippen LogP contribution in [-0.2, 0) is 11.2 Å². The highest BCUT2D eigenvalue weighted by atomic mass is 16.6. The second kappa shape index (κ2) is 6.00. The summed E-state index contributed by atoms with van der Waals surface area (Å²) >= 11 is 0. The number of carbonyl (C=O) groups is 2. The molecular weight excluding hydrogens is 296 g/mol. The molecule has 1 aliphatic heterocycles. The molecule has 0 spiro atoms. The van der Waals surface area contributed by atoms with Gasteiger partial charge in [0, 0.05) is 42.8 Å². The van der Waals surface area contributed by atoms with Crippen molar-refractivity contribution >= 4 is 23.1 Å². The number of rotatable bonds is 2. The lowest BCUT2D eigenvalue weighted by molar-refractivity contribution is -0.384. The fourth-order valence-corrected chi connectivity index (χ4v) is 2.67. The predicted octanol–water partition coefficient (Wildman–Crippen LogP) is 2.76. The van der Waals surface area contributed by atoms with Crippen LogP contribution >= 0.6 is 0 Å². The predicted molar refractivity (Wildman–Crippen MR) is 84.5 cm³/mol. The van der Waals surface area contributed by atoms with Gasteiger partial charge in [-0.2, -0.15) is 0 Å². The molecule has 6 nitrogen and oxygen atoms in total. The largest absolute Gasteiger partial charge is 0.308 e. The van der Waals surface area contributed by atoms with Crippen LogP contribution in [0.3, 0.4) is 0 Å². The Labute approximate surface area is 132 Å². The molecule has 116 valence electrons. The van der Waals surface area contributed by atoms with Gasteiger partial charge < -0.3 is 4.90 Å². The zero-order valence-corrected chi connectivity index (χ0v) is 12.3. The number of anilines is 1. The molecule has 0 bridgehead atoms. The van der Waals surface area contributed by atoms with Crippen LogP contribution in [0.25, 0.3) is 0 Å². The van der Waals surface area contributed by atoms with E-state index < -0.39 is 4.92 Å². The number of benzene rings is 2. The maximum absolute atomic E-state index is 12.7. The molecule has 1 aliphatic rings. The molecule has 0 saturated heterocycles. The molecular formula is C17H14N2O4. The number of hydrogen-bond acceptors (Lipinski definition) is 4. The first-order chi connectivity index (χ1) is 11.1. The highest BCUT2D eigenvalue weighted by molar-refractivity contribution is 6.07. The summed E-state index contributed by atoms with van der Waals surface area (Å²) < 4.78 is 0. The fourth-order valence-electron chi connectivity index (χ4n) is 2.67. The van der Waals surface area contributed by atoms with Crippen molar-refractivity contribution in [2.75, 3.05) is 11.4 Å². The summed E-state index contributed by atoms with van der Waals surface area (Å²) in [6.07, 6.45) is 0.619. The van der Waals surface area contributed by atoms with Gasteiger partial charge in [-0.05, 0) is 23.8 Å². The smallest absolute Gasteiger partial charge is 0.269 e. The number of nitro benzene ring substituents is 1. The van der Waals surface area contributed by atoms with Crippen LogP contribution in [0.1, 0.15) is 22.3 Å². The molecule has 2 aromatic carbocycles. The molecule has 0 radical (unpaired) electrons. The minimum absolute atomic E-state index is 0.0620. The van der Waals surface area contributed by atoms with E-state index in [0.29, 0.717) is 24.9 Å². The number of Topliss-reactive ketones (excluding diaryl/α,β-unsaturated/α-hetero) is 1. The summed E-state index contributed by atoms with van der Waals surface area (Å²) in [6.45, 7) is 0.311. The third-order valence-corrected chi connectivity index (χ3v) is 3.85. The summed E-state index contributed by atoms with van der Waals surface area (Å²) in [6, 6.07) is 12.8. The molecule has 0 N–H and O–H groups in total. The normalized spacial score (nSPS) is 14.1. The van der Waals surface area contributed by atoms with E-state index in [-0.39, 0.29) is 17.4 Å². The van der Waals surface area contributed by atoms with Crippen molar-refractivity contribution in [3.05, 3.63) is 69.8 Å². The van der Waals surface area contributed by atoms with Crippen molar-refractivity contribution in [1.29, 1.82) is 0 Å². The molecule has 0 aromatic heterocycles. The Bertz CT molecular complexity index is 783. The van der Waals surface area contributed by atoms with Crippen LogP contribution in [0, 0.1) is 10.1 Å². The van der Waals surface area contributed by atoms with Crippen molar-refractivity contribution in [3.63, 3.8) is 0 Å². The summed E-state index contributed by atoms with van der Waals surface area (Å²) in [5.74, 6) is -0.168. The van der Waals surface area contributed by atoms with E-state index in [9.17, 15) is 19.7 Å². The molecule has 0 saturated carbocycles. The van der Waals surface area contributed by atoms with Crippen molar-refractivity contribution in [2.45, 2.75) is 12.8 Å². The molecule has 0 aliphatic carbocycles. The second-order valence-electron chi connectivity index (χ2n) is 5.35. The Hall–Kier alpha value is -3.02. The monoisotopic (exact) mass is 310 g/mol. The summed E-state index contributed by atoms with van der Waals surface area (Å²) in [5, 5.41) is 10.7. The van der Waals surface area contributed by atoms with Crippen molar-refractivity contribution in [2.24, 2.45) is 0 Å². The van der Waals surface area contributed by atoms with Gasteiger partial charge in [0.05, 0.1) is 4.92 Å². The standard InChI is InChI=1S/C17H14N2O4/c20-15-9-10-18(16-4-2-1-3-13(16)11-15)17(21)12-5-7-14(8-6-12)19(22)23/h1-8H,9-11H2. The van der Waals surface area contributed by atoms with Crippen LogP contribution in [0.2, 0.25) is 0 Å². The van der Waals surface area contributed by atoms with Gasteiger partial charge in [-0.15, -0.1) is 0 Å². The first-order valence-corrected chi connectivity index (χ1v) is 7.22. The number of nitro groups is 1. The molecule has 1 amide bonds. The van der Waals surface area contributed by atoms with Crippen LogP contribution in [0.4, 0.5) is 11.4 Å². The van der Waals surface area contributed by atoms with Gasteiger partial charge in [-0.3, -0.25) is 19.7 Å². The van der Waals surface area contributed by atoms with E-state index in [1.807, 2.05) is 24.3 Å². The van der Waals surface area contributed by atoms with Gasteiger partial charge in [-0.25, -0.2) is 0 Å². The molecule has 0 unspecified atom stereocenters. The number of ketones is 1. The average molecular weight is 310 g/mol. The van der Waals surface area contributed by atoms with Gasteiger partial charge in [0.2, 0.25) is 0 Å². The van der Waals surface area contributed by atoms with E-state index >= 15 is 0 Å². The first kappa shape index (κ1) is 14.9. The quantitative estimate of drug-likeness (QED) is 0.631. The maximum atomic E-state index is 12.7. The summed E-state index contributed by atoms with van der Waals surface area (Å²) in [4.78, 5) is 36.4. The molecule has 3 rings (SSSR count). The first-order valence-electron chi connectivity index (χ1n) is 7.22. The zero-order chi connectivity index (χ0) is 16.4. The number of non-ortho nitro benzene ring substituents is 1. The second-order valence-corrected chi connectivity index (χ2v) is 5.35. The number of hydrogen-bond donors (Lipinski definition) is 0. The minimum Gasteiger partial charge on any atom is -0.308 e. The fraction of sp³-hybridized carbons (Fsp3) is 0.176. The zero-order valence-electron chi connectivity index (χ0n) is 12.3. The number of nitrogens with zero attached hydrogens (tertiary/aromatic N) is 2. The lowest BCUT2D eigenvalue weighted by Crippen LogP contribution is -2.32. The number of fused-ring (bicyclic) bond motifs is 1. The van der Waals surface area contributed by atoms with E-state index in [2.05, 4.69) is 0 Å². The third kappa shape index (κ3) is 2.96. The van der Waals surface area contributed by atoms with E-state index in [1.165, 1.54) is 24.3 Å². The Morgan fingerprint density at radius 3 is 2.48 bits per heavy atom. The number of carbonyl (C=O) groups excluding carboxylic acids is 2. The van der Waals surface area contributed by atoms with Crippen molar-refractivity contribution < 1.29 is 14.5 Å². The Morgan fingerprint density at radius 2 is 1.78 bits per heavy atom. The van der Waals surface area contributed by atoms with Gasteiger partial charge in [0.25, 0.3) is 11.6 Å². The van der Waals surface area contributed by atoms with Gasteiger partial charge in [0.15, 0.2) is 0 Å². The van der Waals surface area contributed by atoms with Gasteiger partial charge in [0.1, 0.15) is 5.78 Å². The molecule has 2 aromatic rings. The maximum Gasteiger partial charge on any atom is 0.269 e. The number of para-hydroxylation sites is 1. The lowest BCUT2D eigenvalue weighted by atomic mass is 10.1. The van der Waals surface area contributed by atoms with Crippen molar-refractivity contribution in [3.8, 4) is 0 Å². The van der Waals surface area contributed by atoms with Crippen LogP contribution in [-0.4, -0.2) is 23.2 Å². The Morgan fingerprint density at radius 1 is 1.09 bits per heavy atom. The number of amides is 1. The highest BCUT2D eigenvalue weighted by Gasteiger charge is 2.25. The molecule has 23 heavy (non-hydrogen) atoms. The average Bonchev–Trinajstić information content (AvgIpc) is 2.72. The molecule has 0 fully saturated rings. The minimum atomic E-state index is -0.506. The molecule has 0 atom stereocenters. The summed E-state index contributed by atoms with van der Waals surface area (Å²) in [7, 11) is 0. The van der Waals surface area contributed by atoms with Crippen LogP contribution in [0.15, 0.2) is 48.5 Å².